The lowest BCUT2D eigenvalue weighted by atomic mass is 10.0. The average molecular weight is 566 g/mol. The first-order valence-electron chi connectivity index (χ1n) is 13.6. The second-order valence-corrected chi connectivity index (χ2v) is 10.5. The fraction of sp³-hybridized carbons (Fsp3) is 0.552. The average Bonchev–Trinajstić information content (AvgIpc) is 3.54. The maximum Gasteiger partial charge on any atom is 0.410 e. The first kappa shape index (κ1) is 31.3. The number of allylic oxidation sites excluding steroid dienone is 1. The number of carbonyl (C=O) groups excluding carboxylic acids is 3. The Morgan fingerprint density at radius 2 is 1.95 bits per heavy atom. The number of halogens is 3. The van der Waals surface area contributed by atoms with Crippen molar-refractivity contribution in [2.75, 3.05) is 6.54 Å². The predicted octanol–water partition coefficient (Wildman–Crippen LogP) is 4.87. The second kappa shape index (κ2) is 13.9. The van der Waals surface area contributed by atoms with Gasteiger partial charge >= 0.3 is 24.2 Å². The zero-order valence-electron chi connectivity index (χ0n) is 23.0. The van der Waals surface area contributed by atoms with Gasteiger partial charge in [-0.05, 0) is 41.9 Å². The van der Waals surface area contributed by atoms with Crippen LogP contribution in [0.1, 0.15) is 62.6 Å². The van der Waals surface area contributed by atoms with Gasteiger partial charge in [0.1, 0.15) is 24.2 Å². The molecule has 0 saturated carbocycles. The minimum atomic E-state index is -4.57. The highest BCUT2D eigenvalue weighted by Gasteiger charge is 2.43. The van der Waals surface area contributed by atoms with E-state index in [0.717, 1.165) is 16.7 Å². The second-order valence-electron chi connectivity index (χ2n) is 10.5. The van der Waals surface area contributed by atoms with Crippen molar-refractivity contribution in [2.24, 2.45) is 5.92 Å². The zero-order chi connectivity index (χ0) is 29.4. The van der Waals surface area contributed by atoms with Crippen molar-refractivity contribution < 1.29 is 37.0 Å². The normalized spacial score (nSPS) is 20.1. The minimum absolute atomic E-state index is 0.0742. The van der Waals surface area contributed by atoms with Gasteiger partial charge in [-0.25, -0.2) is 14.4 Å². The number of hydrogen-bond donors (Lipinski definition) is 2. The van der Waals surface area contributed by atoms with Gasteiger partial charge in [0.15, 0.2) is 0 Å². The van der Waals surface area contributed by atoms with Crippen molar-refractivity contribution in [1.29, 1.82) is 0 Å². The molecule has 11 heteroatoms. The number of nitrogens with one attached hydrogen (secondary N) is 2. The summed E-state index contributed by atoms with van der Waals surface area (Å²) in [5, 5.41) is 5.24. The van der Waals surface area contributed by atoms with Gasteiger partial charge in [0.25, 0.3) is 0 Å². The molecule has 40 heavy (non-hydrogen) atoms. The van der Waals surface area contributed by atoms with Crippen molar-refractivity contribution in [3.05, 3.63) is 54.1 Å². The maximum atomic E-state index is 13.6. The van der Waals surface area contributed by atoms with E-state index in [0.29, 0.717) is 32.4 Å². The van der Waals surface area contributed by atoms with Crippen molar-refractivity contribution in [3.63, 3.8) is 0 Å². The van der Waals surface area contributed by atoms with Gasteiger partial charge in [-0.3, -0.25) is 10.2 Å². The first-order valence-corrected chi connectivity index (χ1v) is 13.6. The van der Waals surface area contributed by atoms with Gasteiger partial charge in [0.05, 0.1) is 6.54 Å². The van der Waals surface area contributed by atoms with Crippen LogP contribution < -0.4 is 10.6 Å². The highest BCUT2D eigenvalue weighted by Crippen LogP contribution is 2.28. The SMILES string of the molecule is C=CCCCCC(N[C@H](C(=O)OC(=O)[C@@H]1C[C@@H](OC(=O)N2Cc3cccc(C=C)c3C2)CN1)C(C)C)C(F)(F)F. The molecular weight excluding hydrogens is 527 g/mol. The molecule has 2 aliphatic rings. The molecule has 0 aromatic heterocycles. The molecule has 4 atom stereocenters. The van der Waals surface area contributed by atoms with Crippen molar-refractivity contribution >= 4 is 24.1 Å². The Morgan fingerprint density at radius 3 is 2.60 bits per heavy atom. The van der Waals surface area contributed by atoms with E-state index in [9.17, 15) is 27.6 Å². The number of rotatable bonds is 12. The smallest absolute Gasteiger partial charge is 0.410 e. The van der Waals surface area contributed by atoms with Crippen LogP contribution in [0.5, 0.6) is 0 Å². The molecule has 0 spiro atoms. The molecular formula is C29H38F3N3O5. The molecule has 1 saturated heterocycles. The van der Waals surface area contributed by atoms with Gasteiger partial charge in [-0.1, -0.05) is 57.2 Å². The third kappa shape index (κ3) is 8.17. The number of nitrogens with zero attached hydrogens (tertiary/aromatic N) is 1. The Labute approximate surface area is 233 Å². The monoisotopic (exact) mass is 565 g/mol. The summed E-state index contributed by atoms with van der Waals surface area (Å²) in [7, 11) is 0. The molecule has 1 unspecified atom stereocenters. The van der Waals surface area contributed by atoms with E-state index in [1.807, 2.05) is 18.2 Å². The highest BCUT2D eigenvalue weighted by molar-refractivity contribution is 5.91. The molecule has 3 rings (SSSR count). The lowest BCUT2D eigenvalue weighted by Crippen LogP contribution is -2.53. The summed E-state index contributed by atoms with van der Waals surface area (Å²) in [5.74, 6) is -2.56. The van der Waals surface area contributed by atoms with E-state index < -0.39 is 54.4 Å². The first-order chi connectivity index (χ1) is 18.9. The van der Waals surface area contributed by atoms with Gasteiger partial charge in [0.2, 0.25) is 0 Å². The molecule has 2 N–H and O–H groups in total. The number of fused-ring (bicyclic) bond motifs is 1. The quantitative estimate of drug-likeness (QED) is 0.162. The van der Waals surface area contributed by atoms with Crippen LogP contribution in [0.25, 0.3) is 6.08 Å². The molecule has 2 aliphatic heterocycles. The summed E-state index contributed by atoms with van der Waals surface area (Å²) in [4.78, 5) is 39.8. The number of benzene rings is 1. The van der Waals surface area contributed by atoms with Crippen LogP contribution in [-0.4, -0.2) is 59.9 Å². The van der Waals surface area contributed by atoms with Gasteiger partial charge in [-0.15, -0.1) is 6.58 Å². The molecule has 8 nitrogen and oxygen atoms in total. The van der Waals surface area contributed by atoms with E-state index in [1.165, 1.54) is 0 Å². The molecule has 1 amide bonds. The van der Waals surface area contributed by atoms with E-state index >= 15 is 0 Å². The largest absolute Gasteiger partial charge is 0.445 e. The van der Waals surface area contributed by atoms with Crippen LogP contribution in [0.4, 0.5) is 18.0 Å². The molecule has 0 radical (unpaired) electrons. The third-order valence-corrected chi connectivity index (χ3v) is 7.19. The maximum absolute atomic E-state index is 13.6. The molecule has 220 valence electrons. The highest BCUT2D eigenvalue weighted by atomic mass is 19.4. The minimum Gasteiger partial charge on any atom is -0.445 e. The Bertz CT molecular complexity index is 1090. The van der Waals surface area contributed by atoms with E-state index in [4.69, 9.17) is 9.47 Å². The van der Waals surface area contributed by atoms with Crippen molar-refractivity contribution in [2.45, 2.75) is 89.4 Å². The summed E-state index contributed by atoms with van der Waals surface area (Å²) in [6.07, 6.45) is -1.05. The van der Waals surface area contributed by atoms with Crippen LogP contribution in [-0.2, 0) is 32.2 Å². The fourth-order valence-electron chi connectivity index (χ4n) is 4.92. The summed E-state index contributed by atoms with van der Waals surface area (Å²) < 4.78 is 51.5. The third-order valence-electron chi connectivity index (χ3n) is 7.19. The standard InChI is InChI=1S/C29H38F3N3O5/c1-5-7-8-9-13-24(29(30,31)32)34-25(18(3)4)27(37)40-26(36)23-14-21(15-33-23)39-28(38)35-16-20-12-10-11-19(6-2)22(20)17-35/h5-6,10-12,18,21,23-25,33-34H,1-2,7-9,13-17H2,3-4H3/t21-,23+,24?,25+/m1/s1. The fourth-order valence-corrected chi connectivity index (χ4v) is 4.92. The van der Waals surface area contributed by atoms with Crippen LogP contribution in [0.15, 0.2) is 37.4 Å². The Hall–Kier alpha value is -3.18. The van der Waals surface area contributed by atoms with Gasteiger partial charge < -0.3 is 14.8 Å². The number of unbranched alkanes of at least 4 members (excludes halogenated alkanes) is 2. The lowest BCUT2D eigenvalue weighted by Gasteiger charge is -2.28. The Morgan fingerprint density at radius 1 is 1.20 bits per heavy atom. The molecule has 1 aromatic carbocycles. The Balaban J connectivity index is 1.51. The van der Waals surface area contributed by atoms with E-state index in [2.05, 4.69) is 23.8 Å². The molecule has 1 fully saturated rings. The predicted molar refractivity (Wildman–Crippen MR) is 144 cm³/mol. The number of amides is 1. The Kier molecular flexibility index (Phi) is 10.9. The van der Waals surface area contributed by atoms with Crippen LogP contribution in [0, 0.1) is 5.92 Å². The number of ether oxygens (including phenoxy) is 2. The summed E-state index contributed by atoms with van der Waals surface area (Å²) in [6.45, 7) is 11.5. The molecule has 1 aromatic rings. The van der Waals surface area contributed by atoms with Crippen LogP contribution in [0.3, 0.4) is 0 Å². The molecule has 2 heterocycles. The number of hydrogen-bond acceptors (Lipinski definition) is 7. The van der Waals surface area contributed by atoms with Crippen LogP contribution >= 0.6 is 0 Å². The lowest BCUT2D eigenvalue weighted by molar-refractivity contribution is -0.170. The number of esters is 2. The summed E-state index contributed by atoms with van der Waals surface area (Å²) >= 11 is 0. The summed E-state index contributed by atoms with van der Waals surface area (Å²) in [6, 6.07) is 1.58. The van der Waals surface area contributed by atoms with Gasteiger partial charge in [0, 0.05) is 19.5 Å². The van der Waals surface area contributed by atoms with Crippen LogP contribution in [0.2, 0.25) is 0 Å². The van der Waals surface area contributed by atoms with Crippen molar-refractivity contribution in [1.82, 2.24) is 15.5 Å². The molecule has 0 aliphatic carbocycles. The van der Waals surface area contributed by atoms with Crippen molar-refractivity contribution in [3.8, 4) is 0 Å². The van der Waals surface area contributed by atoms with Gasteiger partial charge in [-0.2, -0.15) is 13.2 Å². The summed E-state index contributed by atoms with van der Waals surface area (Å²) in [5.41, 5.74) is 2.97. The van der Waals surface area contributed by atoms with E-state index in [1.54, 1.807) is 30.9 Å². The van der Waals surface area contributed by atoms with E-state index in [-0.39, 0.29) is 19.4 Å². The number of carbonyl (C=O) groups is 3. The molecule has 0 bridgehead atoms. The number of alkyl halides is 3. The topological polar surface area (TPSA) is 97.0 Å². The zero-order valence-corrected chi connectivity index (χ0v) is 23.0.